The Morgan fingerprint density at radius 2 is 1.57 bits per heavy atom. The molecule has 0 aromatic rings. The van der Waals surface area contributed by atoms with Crippen molar-refractivity contribution in [2.45, 2.75) is 205 Å². The minimum absolute atomic E-state index is 0.0431. The lowest BCUT2D eigenvalue weighted by molar-refractivity contribution is -0.319. The van der Waals surface area contributed by atoms with Gasteiger partial charge in [0.15, 0.2) is 12.6 Å². The van der Waals surface area contributed by atoms with E-state index in [4.69, 9.17) is 37.9 Å². The van der Waals surface area contributed by atoms with Crippen LogP contribution in [-0.2, 0) is 47.5 Å². The van der Waals surface area contributed by atoms with Crippen LogP contribution in [0.4, 0.5) is 0 Å². The fraction of sp³-hybridized carbons (Fsp3) is 0.955. The first kappa shape index (κ1) is 53.8. The molecule has 358 valence electrons. The summed E-state index contributed by atoms with van der Waals surface area (Å²) in [6.45, 7) is 21.1. The van der Waals surface area contributed by atoms with Crippen LogP contribution < -0.4 is 5.32 Å². The van der Waals surface area contributed by atoms with Crippen LogP contribution in [-0.4, -0.2) is 180 Å². The van der Waals surface area contributed by atoms with Crippen LogP contribution in [0.2, 0.25) is 0 Å². The molecule has 0 aromatic carbocycles. The summed E-state index contributed by atoms with van der Waals surface area (Å²) >= 11 is 0. The second kappa shape index (κ2) is 22.6. The Balaban J connectivity index is 2.23. The Bertz CT molecular complexity index is 1370. The second-order valence-corrected chi connectivity index (χ2v) is 19.1. The van der Waals surface area contributed by atoms with Crippen molar-refractivity contribution < 1.29 is 73.0 Å². The Morgan fingerprint density at radius 1 is 0.934 bits per heavy atom. The number of carbonyl (C=O) groups excluding carboxylic acids is 2. The monoisotopic (exact) mass is 879 g/mol. The number of aliphatic hydroxyl groups is 5. The summed E-state index contributed by atoms with van der Waals surface area (Å²) < 4.78 is 49.2. The van der Waals surface area contributed by atoms with Gasteiger partial charge in [0, 0.05) is 51.1 Å². The largest absolute Gasteiger partial charge is 0.459 e. The third-order valence-electron chi connectivity index (χ3n) is 13.7. The number of hydrogen-bond donors (Lipinski definition) is 6. The molecule has 0 aliphatic carbocycles. The van der Waals surface area contributed by atoms with Gasteiger partial charge in [-0.1, -0.05) is 27.7 Å². The zero-order valence-corrected chi connectivity index (χ0v) is 39.5. The highest BCUT2D eigenvalue weighted by molar-refractivity contribution is 5.77. The molecule has 0 aromatic heterocycles. The van der Waals surface area contributed by atoms with Gasteiger partial charge in [-0.25, -0.2) is 0 Å². The molecule has 3 rings (SSSR count). The van der Waals surface area contributed by atoms with Crippen molar-refractivity contribution >= 4 is 11.9 Å². The SMILES string of the molecule is CC[C@H]1OC(=O)[C@H](C)[C@@H](O[C@H]2C[C@@](C)(OC)[C@@H](O)[C@H](C)O2)[C@H](C)[C@@H](O[C@@H]2O[C@H](C)C[C@H](N(C)C(C)C)[C@H]2O)[C@](C)(O)C[C@@H](C)[C@H](OCC(=O)NCCOC)[C@H](C)[C@@H](O)[C@]1(C)O. The second-order valence-electron chi connectivity index (χ2n) is 19.1. The fourth-order valence-corrected chi connectivity index (χ4v) is 9.68. The molecule has 1 amide bonds. The fourth-order valence-electron chi connectivity index (χ4n) is 9.68. The molecule has 0 saturated carbocycles. The van der Waals surface area contributed by atoms with Gasteiger partial charge >= 0.3 is 5.97 Å². The van der Waals surface area contributed by atoms with E-state index in [2.05, 4.69) is 10.2 Å². The van der Waals surface area contributed by atoms with Crippen molar-refractivity contribution in [1.82, 2.24) is 10.2 Å². The molecular formula is C44H82N2O15. The summed E-state index contributed by atoms with van der Waals surface area (Å²) in [7, 11) is 4.93. The molecule has 3 heterocycles. The van der Waals surface area contributed by atoms with Crippen molar-refractivity contribution in [2.24, 2.45) is 23.7 Å². The van der Waals surface area contributed by atoms with Gasteiger partial charge in [-0.3, -0.25) is 14.5 Å². The molecule has 0 spiro atoms. The van der Waals surface area contributed by atoms with Crippen molar-refractivity contribution in [3.05, 3.63) is 0 Å². The molecule has 3 saturated heterocycles. The van der Waals surface area contributed by atoms with Crippen molar-refractivity contribution in [2.75, 3.05) is 41.0 Å². The Labute approximate surface area is 364 Å². The Kier molecular flexibility index (Phi) is 19.9. The summed E-state index contributed by atoms with van der Waals surface area (Å²) in [4.78, 5) is 29.4. The summed E-state index contributed by atoms with van der Waals surface area (Å²) in [5.41, 5.74) is -4.86. The standard InChI is InChI=1S/C44H82N2O15/c1-16-31-44(12,53)37(49)26(6)35(56-22-32(47)45-17-18-54-14)24(4)20-42(10,52)39(61-41-34(48)30(19-25(5)57-41)46(13)23(2)3)27(7)36(28(8)40(51)59-31)60-33-21-43(11,55-15)38(50)29(9)58-33/h23-31,33-39,41,48-50,52-53H,16-22H2,1-15H3,(H,45,47)/t24-,25-,26+,27+,28-,29+,30+,31-,33+,34-,35+,36+,37-,38+,39-,41+,42-,43-,44-/m1/s1. The Morgan fingerprint density at radius 3 is 2.15 bits per heavy atom. The number of nitrogens with zero attached hydrogens (tertiary/aromatic N) is 1. The number of aliphatic hydroxyl groups excluding tert-OH is 3. The number of likely N-dealkylation sites (N-methyl/N-ethyl adjacent to an activating group) is 1. The first-order chi connectivity index (χ1) is 28.3. The van der Waals surface area contributed by atoms with Crippen molar-refractivity contribution in [1.29, 1.82) is 0 Å². The van der Waals surface area contributed by atoms with E-state index in [9.17, 15) is 35.1 Å². The summed E-state index contributed by atoms with van der Waals surface area (Å²) in [5, 5.41) is 62.5. The molecule has 0 radical (unpaired) electrons. The molecule has 19 atom stereocenters. The van der Waals surface area contributed by atoms with E-state index >= 15 is 0 Å². The smallest absolute Gasteiger partial charge is 0.311 e. The highest BCUT2D eigenvalue weighted by Crippen LogP contribution is 2.42. The maximum atomic E-state index is 14.4. The van der Waals surface area contributed by atoms with Crippen LogP contribution in [0.15, 0.2) is 0 Å². The number of nitrogens with one attached hydrogen (secondary N) is 1. The van der Waals surface area contributed by atoms with E-state index in [1.807, 2.05) is 34.7 Å². The van der Waals surface area contributed by atoms with Gasteiger partial charge in [-0.05, 0) is 87.6 Å². The Hall–Kier alpha value is -1.58. The van der Waals surface area contributed by atoms with E-state index in [0.717, 1.165) is 0 Å². The first-order valence-electron chi connectivity index (χ1n) is 22.2. The number of ether oxygens (including phenoxy) is 8. The first-order valence-corrected chi connectivity index (χ1v) is 22.2. The molecule has 0 bridgehead atoms. The number of hydrogen-bond acceptors (Lipinski definition) is 16. The molecule has 3 aliphatic heterocycles. The molecule has 6 N–H and O–H groups in total. The van der Waals surface area contributed by atoms with E-state index in [1.165, 1.54) is 21.1 Å². The van der Waals surface area contributed by atoms with Crippen LogP contribution in [0.1, 0.15) is 109 Å². The lowest BCUT2D eigenvalue weighted by Gasteiger charge is -2.50. The summed E-state index contributed by atoms with van der Waals surface area (Å²) in [6.07, 6.45) is -10.7. The van der Waals surface area contributed by atoms with Gasteiger partial charge in [0.05, 0.1) is 60.4 Å². The molecule has 3 aliphatic rings. The maximum absolute atomic E-state index is 14.4. The summed E-state index contributed by atoms with van der Waals surface area (Å²) in [6, 6.07) is -0.262. The molecule has 17 nitrogen and oxygen atoms in total. The minimum Gasteiger partial charge on any atom is -0.459 e. The maximum Gasteiger partial charge on any atom is 0.311 e. The minimum atomic E-state index is -1.99. The number of cyclic esters (lactones) is 1. The topological polar surface area (TPSA) is 224 Å². The van der Waals surface area contributed by atoms with Gasteiger partial charge in [-0.2, -0.15) is 0 Å². The molecule has 17 heteroatoms. The number of methoxy groups -OCH3 is 2. The van der Waals surface area contributed by atoms with Crippen LogP contribution in [0.3, 0.4) is 0 Å². The lowest BCUT2D eigenvalue weighted by Crippen LogP contribution is -2.62. The third-order valence-corrected chi connectivity index (χ3v) is 13.7. The molecule has 61 heavy (non-hydrogen) atoms. The predicted octanol–water partition coefficient (Wildman–Crippen LogP) is 2.14. The zero-order valence-electron chi connectivity index (χ0n) is 39.5. The zero-order chi connectivity index (χ0) is 46.4. The molecule has 3 fully saturated rings. The van der Waals surface area contributed by atoms with Crippen LogP contribution in [0, 0.1) is 23.7 Å². The third kappa shape index (κ3) is 13.0. The molecule has 0 unspecified atom stereocenters. The van der Waals surface area contributed by atoms with Gasteiger partial charge in [0.2, 0.25) is 5.91 Å². The highest BCUT2D eigenvalue weighted by Gasteiger charge is 2.54. The van der Waals surface area contributed by atoms with Gasteiger partial charge in [-0.15, -0.1) is 0 Å². The number of esters is 1. The number of rotatable bonds is 14. The van der Waals surface area contributed by atoms with E-state index in [1.54, 1.807) is 48.5 Å². The number of amides is 1. The quantitative estimate of drug-likeness (QED) is 0.109. The van der Waals surface area contributed by atoms with Gasteiger partial charge in [0.25, 0.3) is 0 Å². The van der Waals surface area contributed by atoms with Crippen LogP contribution in [0.25, 0.3) is 0 Å². The summed E-state index contributed by atoms with van der Waals surface area (Å²) in [5.74, 6) is -4.60. The van der Waals surface area contributed by atoms with Gasteiger partial charge < -0.3 is 68.7 Å². The average Bonchev–Trinajstić information content (AvgIpc) is 3.19. The van der Waals surface area contributed by atoms with Crippen LogP contribution >= 0.6 is 0 Å². The van der Waals surface area contributed by atoms with E-state index in [-0.39, 0.29) is 44.0 Å². The average molecular weight is 879 g/mol. The normalized spacial score (nSPS) is 44.7. The van der Waals surface area contributed by atoms with Crippen LogP contribution in [0.5, 0.6) is 0 Å². The predicted molar refractivity (Wildman–Crippen MR) is 225 cm³/mol. The van der Waals surface area contributed by atoms with Crippen molar-refractivity contribution in [3.63, 3.8) is 0 Å². The lowest BCUT2D eigenvalue weighted by atomic mass is 9.73. The highest BCUT2D eigenvalue weighted by atomic mass is 16.7. The van der Waals surface area contributed by atoms with Crippen molar-refractivity contribution in [3.8, 4) is 0 Å². The van der Waals surface area contributed by atoms with E-state index in [0.29, 0.717) is 13.0 Å². The van der Waals surface area contributed by atoms with Gasteiger partial charge in [0.1, 0.15) is 30.5 Å². The van der Waals surface area contributed by atoms with E-state index < -0.39 is 120 Å². The molecular weight excluding hydrogens is 796 g/mol. The number of carbonyl (C=O) groups is 2.